The Morgan fingerprint density at radius 2 is 2.00 bits per heavy atom. The van der Waals surface area contributed by atoms with Crippen LogP contribution in [0.5, 0.6) is 0 Å². The summed E-state index contributed by atoms with van der Waals surface area (Å²) in [4.78, 5) is 21.1. The molecular formula is C21H28N6S. The summed E-state index contributed by atoms with van der Waals surface area (Å²) in [6.07, 6.45) is 11.2. The number of hydrogen-bond donors (Lipinski definition) is 0. The van der Waals surface area contributed by atoms with Gasteiger partial charge in [-0.15, -0.1) is 11.3 Å². The molecule has 0 unspecified atom stereocenters. The highest BCUT2D eigenvalue weighted by molar-refractivity contribution is 7.11. The predicted molar refractivity (Wildman–Crippen MR) is 113 cm³/mol. The summed E-state index contributed by atoms with van der Waals surface area (Å²) in [7, 11) is 0. The molecule has 0 radical (unpaired) electrons. The molecule has 1 aliphatic heterocycles. The first kappa shape index (κ1) is 19.1. The Morgan fingerprint density at radius 1 is 1.11 bits per heavy atom. The van der Waals surface area contributed by atoms with Crippen molar-refractivity contribution in [3.05, 3.63) is 58.6 Å². The predicted octanol–water partition coefficient (Wildman–Crippen LogP) is 3.74. The third kappa shape index (κ3) is 5.17. The lowest BCUT2D eigenvalue weighted by Crippen LogP contribution is -2.26. The Bertz CT molecular complexity index is 853. The summed E-state index contributed by atoms with van der Waals surface area (Å²) in [6.45, 7) is 8.15. The Labute approximate surface area is 170 Å². The van der Waals surface area contributed by atoms with Crippen LogP contribution < -0.4 is 4.90 Å². The van der Waals surface area contributed by atoms with Gasteiger partial charge in [-0.1, -0.05) is 0 Å². The van der Waals surface area contributed by atoms with Gasteiger partial charge >= 0.3 is 0 Å². The van der Waals surface area contributed by atoms with E-state index in [0.717, 1.165) is 57.3 Å². The van der Waals surface area contributed by atoms with Crippen LogP contribution in [0.15, 0.2) is 43.1 Å². The van der Waals surface area contributed by atoms with Gasteiger partial charge in [0.25, 0.3) is 0 Å². The maximum absolute atomic E-state index is 4.86. The van der Waals surface area contributed by atoms with E-state index in [1.807, 2.05) is 36.3 Å². The van der Waals surface area contributed by atoms with Gasteiger partial charge in [-0.05, 0) is 44.4 Å². The van der Waals surface area contributed by atoms with Gasteiger partial charge in [0, 0.05) is 67.6 Å². The van der Waals surface area contributed by atoms with Gasteiger partial charge in [-0.3, -0.25) is 4.90 Å². The number of imidazole rings is 1. The molecule has 6 nitrogen and oxygen atoms in total. The quantitative estimate of drug-likeness (QED) is 0.551. The molecule has 0 atom stereocenters. The average Bonchev–Trinajstić information content (AvgIpc) is 3.45. The van der Waals surface area contributed by atoms with Crippen LogP contribution in [0.3, 0.4) is 0 Å². The van der Waals surface area contributed by atoms with Gasteiger partial charge in [-0.25, -0.2) is 15.0 Å². The number of thiophene rings is 1. The van der Waals surface area contributed by atoms with Crippen LogP contribution in [0, 0.1) is 6.92 Å². The normalized spacial score (nSPS) is 14.3. The molecule has 3 aromatic heterocycles. The average molecular weight is 397 g/mol. The van der Waals surface area contributed by atoms with Crippen LogP contribution in [0.25, 0.3) is 0 Å². The maximum Gasteiger partial charge on any atom is 0.225 e. The zero-order valence-corrected chi connectivity index (χ0v) is 17.3. The number of hydrogen-bond acceptors (Lipinski definition) is 6. The first-order valence-corrected chi connectivity index (χ1v) is 10.9. The van der Waals surface area contributed by atoms with Crippen LogP contribution in [-0.4, -0.2) is 44.1 Å². The number of nitrogens with zero attached hydrogens (tertiary/aromatic N) is 6. The molecule has 1 aliphatic rings. The molecule has 0 amide bonds. The molecule has 4 heterocycles. The van der Waals surface area contributed by atoms with E-state index >= 15 is 0 Å². The Kier molecular flexibility index (Phi) is 6.34. The van der Waals surface area contributed by atoms with E-state index in [0.29, 0.717) is 0 Å². The van der Waals surface area contributed by atoms with Gasteiger partial charge in [0.15, 0.2) is 0 Å². The molecule has 0 saturated carbocycles. The zero-order valence-electron chi connectivity index (χ0n) is 16.5. The molecule has 0 aromatic carbocycles. The van der Waals surface area contributed by atoms with E-state index < -0.39 is 0 Å². The molecule has 0 aliphatic carbocycles. The van der Waals surface area contributed by atoms with E-state index in [1.54, 1.807) is 0 Å². The lowest BCUT2D eigenvalue weighted by atomic mass is 10.3. The third-order valence-corrected chi connectivity index (χ3v) is 6.09. The number of aryl methyl sites for hydroxylation is 2. The molecule has 0 spiro atoms. The fourth-order valence-corrected chi connectivity index (χ4v) is 4.60. The number of rotatable bonds is 9. The van der Waals surface area contributed by atoms with Crippen molar-refractivity contribution in [3.63, 3.8) is 0 Å². The lowest BCUT2D eigenvalue weighted by molar-refractivity contribution is 0.247. The summed E-state index contributed by atoms with van der Waals surface area (Å²) in [5, 5.41) is 0. The van der Waals surface area contributed by atoms with E-state index in [-0.39, 0.29) is 0 Å². The van der Waals surface area contributed by atoms with Crippen LogP contribution in [-0.2, 0) is 19.6 Å². The van der Waals surface area contributed by atoms with Crippen molar-refractivity contribution in [3.8, 4) is 0 Å². The minimum absolute atomic E-state index is 0.851. The Morgan fingerprint density at radius 3 is 2.75 bits per heavy atom. The van der Waals surface area contributed by atoms with Crippen molar-refractivity contribution in [1.29, 1.82) is 0 Å². The van der Waals surface area contributed by atoms with Crippen LogP contribution >= 0.6 is 11.3 Å². The lowest BCUT2D eigenvalue weighted by Gasteiger charge is -2.22. The standard InChI is InChI=1S/C21H28N6S/c1-18-5-6-20(28-18)16-26(11-4-10-25-14-9-22-17-25)15-19-7-8-23-21(24-19)27-12-2-3-13-27/h5-9,14,17H,2-4,10-13,15-16H2,1H3. The van der Waals surface area contributed by atoms with Crippen LogP contribution in [0.2, 0.25) is 0 Å². The molecule has 3 aromatic rings. The molecule has 0 N–H and O–H groups in total. The van der Waals surface area contributed by atoms with Crippen molar-refractivity contribution in [2.75, 3.05) is 24.5 Å². The number of anilines is 1. The summed E-state index contributed by atoms with van der Waals surface area (Å²) in [5.74, 6) is 0.889. The van der Waals surface area contributed by atoms with Crippen molar-refractivity contribution in [2.24, 2.45) is 0 Å². The monoisotopic (exact) mass is 396 g/mol. The summed E-state index contributed by atoms with van der Waals surface area (Å²) < 4.78 is 2.14. The van der Waals surface area contributed by atoms with Gasteiger partial charge in [0.1, 0.15) is 0 Å². The molecule has 1 saturated heterocycles. The third-order valence-electron chi connectivity index (χ3n) is 5.10. The smallest absolute Gasteiger partial charge is 0.225 e. The number of aromatic nitrogens is 4. The Hall–Kier alpha value is -2.25. The molecular weight excluding hydrogens is 368 g/mol. The zero-order chi connectivity index (χ0) is 19.2. The first-order valence-electron chi connectivity index (χ1n) is 10.1. The van der Waals surface area contributed by atoms with Crippen molar-refractivity contribution < 1.29 is 0 Å². The molecule has 148 valence electrons. The molecule has 4 rings (SSSR count). The van der Waals surface area contributed by atoms with Crippen molar-refractivity contribution in [2.45, 2.75) is 45.8 Å². The summed E-state index contributed by atoms with van der Waals surface area (Å²) in [6, 6.07) is 6.51. The summed E-state index contributed by atoms with van der Waals surface area (Å²) in [5.41, 5.74) is 1.10. The van der Waals surface area contributed by atoms with Gasteiger partial charge in [0.2, 0.25) is 5.95 Å². The van der Waals surface area contributed by atoms with E-state index in [4.69, 9.17) is 4.98 Å². The highest BCUT2D eigenvalue weighted by Crippen LogP contribution is 2.20. The van der Waals surface area contributed by atoms with Crippen LogP contribution in [0.1, 0.15) is 34.7 Å². The fraction of sp³-hybridized carbons (Fsp3) is 0.476. The van der Waals surface area contributed by atoms with Gasteiger partial charge in [0.05, 0.1) is 12.0 Å². The minimum atomic E-state index is 0.851. The molecule has 1 fully saturated rings. The topological polar surface area (TPSA) is 50.1 Å². The molecule has 7 heteroatoms. The van der Waals surface area contributed by atoms with Gasteiger partial charge in [-0.2, -0.15) is 0 Å². The molecule has 0 bridgehead atoms. The second-order valence-corrected chi connectivity index (χ2v) is 8.79. The highest BCUT2D eigenvalue weighted by Gasteiger charge is 2.16. The molecule has 28 heavy (non-hydrogen) atoms. The SMILES string of the molecule is Cc1ccc(CN(CCCn2ccnc2)Cc2ccnc(N3CCCC3)n2)s1. The maximum atomic E-state index is 4.86. The van der Waals surface area contributed by atoms with Crippen molar-refractivity contribution in [1.82, 2.24) is 24.4 Å². The first-order chi connectivity index (χ1) is 13.8. The van der Waals surface area contributed by atoms with E-state index in [1.165, 1.54) is 22.6 Å². The fourth-order valence-electron chi connectivity index (χ4n) is 3.67. The Balaban J connectivity index is 1.42. The second kappa shape index (κ2) is 9.30. The summed E-state index contributed by atoms with van der Waals surface area (Å²) >= 11 is 1.88. The second-order valence-electron chi connectivity index (χ2n) is 7.42. The van der Waals surface area contributed by atoms with Crippen LogP contribution in [0.4, 0.5) is 5.95 Å². The van der Waals surface area contributed by atoms with E-state index in [9.17, 15) is 0 Å². The highest BCUT2D eigenvalue weighted by atomic mass is 32.1. The largest absolute Gasteiger partial charge is 0.341 e. The van der Waals surface area contributed by atoms with Crippen molar-refractivity contribution >= 4 is 17.3 Å². The minimum Gasteiger partial charge on any atom is -0.341 e. The van der Waals surface area contributed by atoms with Gasteiger partial charge < -0.3 is 9.47 Å². The van der Waals surface area contributed by atoms with E-state index in [2.05, 4.69) is 49.5 Å².